The lowest BCUT2D eigenvalue weighted by atomic mass is 9.74. The predicted octanol–water partition coefficient (Wildman–Crippen LogP) is 4.04. The number of Topliss-reactive ketones (excluding diaryl/α,β-unsaturated/α-hetero) is 1. The highest BCUT2D eigenvalue weighted by molar-refractivity contribution is 9.10. The first-order valence-corrected chi connectivity index (χ1v) is 7.10. The van der Waals surface area contributed by atoms with Crippen molar-refractivity contribution in [2.45, 2.75) is 18.8 Å². The van der Waals surface area contributed by atoms with Crippen LogP contribution in [0, 0.1) is 11.3 Å². The summed E-state index contributed by atoms with van der Waals surface area (Å²) in [5, 5.41) is 9.64. The Bertz CT molecular complexity index is 643. The highest BCUT2D eigenvalue weighted by atomic mass is 79.9. The third-order valence-corrected chi connectivity index (χ3v) is 3.97. The van der Waals surface area contributed by atoms with E-state index in [-0.39, 0.29) is 5.78 Å². The Morgan fingerprint density at radius 3 is 2.25 bits per heavy atom. The molecule has 1 atom stereocenters. The van der Waals surface area contributed by atoms with Gasteiger partial charge in [-0.15, -0.1) is 0 Å². The summed E-state index contributed by atoms with van der Waals surface area (Å²) in [7, 11) is 0. The number of rotatable bonds is 4. The molecular weight excluding hydrogens is 314 g/mol. The largest absolute Gasteiger partial charge is 0.298 e. The SMILES string of the molecule is CC(=O)C(C#N)(Cc1ccc(Br)cc1)c1ccccc1. The summed E-state index contributed by atoms with van der Waals surface area (Å²) in [5.74, 6) is -0.130. The molecule has 0 N–H and O–H groups in total. The van der Waals surface area contributed by atoms with E-state index in [0.717, 1.165) is 15.6 Å². The van der Waals surface area contributed by atoms with Crippen molar-refractivity contribution in [1.29, 1.82) is 5.26 Å². The smallest absolute Gasteiger partial charge is 0.154 e. The molecule has 1 unspecified atom stereocenters. The van der Waals surface area contributed by atoms with Crippen molar-refractivity contribution in [3.05, 3.63) is 70.2 Å². The quantitative estimate of drug-likeness (QED) is 0.850. The molecule has 0 saturated carbocycles. The fraction of sp³-hybridized carbons (Fsp3) is 0.176. The Hall–Kier alpha value is -1.92. The van der Waals surface area contributed by atoms with Crippen molar-refractivity contribution < 1.29 is 4.79 Å². The van der Waals surface area contributed by atoms with Crippen LogP contribution < -0.4 is 0 Å². The van der Waals surface area contributed by atoms with Gasteiger partial charge in [-0.3, -0.25) is 4.79 Å². The van der Waals surface area contributed by atoms with Crippen LogP contribution in [0.15, 0.2) is 59.1 Å². The summed E-state index contributed by atoms with van der Waals surface area (Å²) >= 11 is 3.38. The molecule has 0 heterocycles. The van der Waals surface area contributed by atoms with Crippen LogP contribution in [0.25, 0.3) is 0 Å². The van der Waals surface area contributed by atoms with E-state index in [1.165, 1.54) is 6.92 Å². The van der Waals surface area contributed by atoms with Gasteiger partial charge < -0.3 is 0 Å². The summed E-state index contributed by atoms with van der Waals surface area (Å²) in [6, 6.07) is 19.2. The van der Waals surface area contributed by atoms with Gasteiger partial charge in [0.05, 0.1) is 6.07 Å². The normalized spacial score (nSPS) is 13.2. The number of hydrogen-bond acceptors (Lipinski definition) is 2. The number of halogens is 1. The van der Waals surface area contributed by atoms with Gasteiger partial charge >= 0.3 is 0 Å². The van der Waals surface area contributed by atoms with E-state index < -0.39 is 5.41 Å². The number of benzene rings is 2. The van der Waals surface area contributed by atoms with Crippen LogP contribution in [0.2, 0.25) is 0 Å². The van der Waals surface area contributed by atoms with E-state index in [0.29, 0.717) is 6.42 Å². The van der Waals surface area contributed by atoms with E-state index in [1.54, 1.807) is 0 Å². The second kappa shape index (κ2) is 6.02. The average Bonchev–Trinajstić information content (AvgIpc) is 2.47. The van der Waals surface area contributed by atoms with Crippen LogP contribution >= 0.6 is 15.9 Å². The minimum absolute atomic E-state index is 0.130. The maximum absolute atomic E-state index is 12.1. The molecule has 100 valence electrons. The van der Waals surface area contributed by atoms with Gasteiger partial charge in [0.25, 0.3) is 0 Å². The van der Waals surface area contributed by atoms with E-state index >= 15 is 0 Å². The second-order valence-corrected chi connectivity index (χ2v) is 5.66. The zero-order valence-electron chi connectivity index (χ0n) is 11.1. The number of carbonyl (C=O) groups excluding carboxylic acids is 1. The molecule has 0 bridgehead atoms. The number of nitrogens with zero attached hydrogens (tertiary/aromatic N) is 1. The van der Waals surface area contributed by atoms with Gasteiger partial charge in [0, 0.05) is 10.9 Å². The van der Waals surface area contributed by atoms with Crippen LogP contribution in [-0.4, -0.2) is 5.78 Å². The van der Waals surface area contributed by atoms with E-state index in [9.17, 15) is 10.1 Å². The molecule has 0 aliphatic rings. The van der Waals surface area contributed by atoms with Crippen LogP contribution in [0.5, 0.6) is 0 Å². The first kappa shape index (κ1) is 14.5. The molecule has 2 rings (SSSR count). The Labute approximate surface area is 127 Å². The van der Waals surface area contributed by atoms with Crippen LogP contribution in [0.1, 0.15) is 18.1 Å². The summed E-state index contributed by atoms with van der Waals surface area (Å²) in [6.07, 6.45) is 0.385. The minimum Gasteiger partial charge on any atom is -0.298 e. The first-order chi connectivity index (χ1) is 9.58. The topological polar surface area (TPSA) is 40.9 Å². The molecular formula is C17H14BrNO. The molecule has 2 aromatic rings. The van der Waals surface area contributed by atoms with Crippen LogP contribution in [0.4, 0.5) is 0 Å². The Morgan fingerprint density at radius 2 is 1.75 bits per heavy atom. The monoisotopic (exact) mass is 327 g/mol. The summed E-state index contributed by atoms with van der Waals surface area (Å²) in [6.45, 7) is 1.48. The predicted molar refractivity (Wildman–Crippen MR) is 82.3 cm³/mol. The summed E-state index contributed by atoms with van der Waals surface area (Å²) in [4.78, 5) is 12.1. The van der Waals surface area contributed by atoms with Gasteiger partial charge in [-0.25, -0.2) is 0 Å². The van der Waals surface area contributed by atoms with Crippen molar-refractivity contribution in [3.8, 4) is 6.07 Å². The third kappa shape index (κ3) is 2.81. The van der Waals surface area contributed by atoms with Crippen molar-refractivity contribution in [2.75, 3.05) is 0 Å². The van der Waals surface area contributed by atoms with Crippen LogP contribution in [0.3, 0.4) is 0 Å². The standard InChI is InChI=1S/C17H14BrNO/c1-13(20)17(12-19,15-5-3-2-4-6-15)11-14-7-9-16(18)10-8-14/h2-10H,11H2,1H3. The number of ketones is 1. The van der Waals surface area contributed by atoms with Gasteiger partial charge in [-0.05, 0) is 30.2 Å². The molecule has 0 amide bonds. The molecule has 3 heteroatoms. The molecule has 2 nitrogen and oxygen atoms in total. The molecule has 2 aromatic carbocycles. The number of carbonyl (C=O) groups is 1. The van der Waals surface area contributed by atoms with Gasteiger partial charge in [-0.1, -0.05) is 58.4 Å². The molecule has 0 saturated heterocycles. The molecule has 0 radical (unpaired) electrons. The molecule has 20 heavy (non-hydrogen) atoms. The fourth-order valence-corrected chi connectivity index (χ4v) is 2.51. The molecule has 0 fully saturated rings. The number of nitriles is 1. The van der Waals surface area contributed by atoms with E-state index in [1.807, 2.05) is 54.6 Å². The molecule has 0 aliphatic heterocycles. The molecule has 0 spiro atoms. The van der Waals surface area contributed by atoms with E-state index in [2.05, 4.69) is 22.0 Å². The van der Waals surface area contributed by atoms with Gasteiger partial charge in [0.2, 0.25) is 0 Å². The summed E-state index contributed by atoms with van der Waals surface area (Å²) < 4.78 is 0.978. The third-order valence-electron chi connectivity index (χ3n) is 3.44. The fourth-order valence-electron chi connectivity index (χ4n) is 2.24. The highest BCUT2D eigenvalue weighted by Gasteiger charge is 2.37. The first-order valence-electron chi connectivity index (χ1n) is 6.31. The highest BCUT2D eigenvalue weighted by Crippen LogP contribution is 2.29. The van der Waals surface area contributed by atoms with Crippen LogP contribution in [-0.2, 0) is 16.6 Å². The van der Waals surface area contributed by atoms with Crippen molar-refractivity contribution >= 4 is 21.7 Å². The number of hydrogen-bond donors (Lipinski definition) is 0. The van der Waals surface area contributed by atoms with E-state index in [4.69, 9.17) is 0 Å². The zero-order chi connectivity index (χ0) is 14.6. The lowest BCUT2D eigenvalue weighted by Gasteiger charge is -2.24. The second-order valence-electron chi connectivity index (χ2n) is 4.74. The Balaban J connectivity index is 2.46. The van der Waals surface area contributed by atoms with Crippen molar-refractivity contribution in [3.63, 3.8) is 0 Å². The van der Waals surface area contributed by atoms with Crippen molar-refractivity contribution in [1.82, 2.24) is 0 Å². The van der Waals surface area contributed by atoms with Gasteiger partial charge in [0.1, 0.15) is 5.41 Å². The van der Waals surface area contributed by atoms with Gasteiger partial charge in [0.15, 0.2) is 5.78 Å². The maximum Gasteiger partial charge on any atom is 0.154 e. The molecule has 0 aliphatic carbocycles. The average molecular weight is 328 g/mol. The van der Waals surface area contributed by atoms with Gasteiger partial charge in [-0.2, -0.15) is 5.26 Å². The summed E-state index contributed by atoms with van der Waals surface area (Å²) in [5.41, 5.74) is 0.599. The Morgan fingerprint density at radius 1 is 1.15 bits per heavy atom. The lowest BCUT2D eigenvalue weighted by molar-refractivity contribution is -0.120. The van der Waals surface area contributed by atoms with Crippen molar-refractivity contribution in [2.24, 2.45) is 0 Å². The zero-order valence-corrected chi connectivity index (χ0v) is 12.7. The minimum atomic E-state index is -1.12. The Kier molecular flexibility index (Phi) is 4.36. The molecule has 0 aromatic heterocycles. The maximum atomic E-state index is 12.1. The lowest BCUT2D eigenvalue weighted by Crippen LogP contribution is -2.35.